The molecule has 22 heavy (non-hydrogen) atoms. The van der Waals surface area contributed by atoms with Gasteiger partial charge in [0, 0.05) is 24.2 Å². The normalized spacial score (nSPS) is 17.6. The van der Waals surface area contributed by atoms with Crippen molar-refractivity contribution < 1.29 is 19.5 Å². The number of hydrogen-bond acceptors (Lipinski definition) is 4. The first kappa shape index (κ1) is 16.0. The lowest BCUT2D eigenvalue weighted by molar-refractivity contribution is -0.135. The van der Waals surface area contributed by atoms with Crippen LogP contribution in [0.3, 0.4) is 0 Å². The Morgan fingerprint density at radius 2 is 1.91 bits per heavy atom. The van der Waals surface area contributed by atoms with Gasteiger partial charge in [-0.3, -0.25) is 19.4 Å². The monoisotopic (exact) mass is 322 g/mol. The predicted octanol–water partition coefficient (Wildman–Crippen LogP) is 2.26. The van der Waals surface area contributed by atoms with E-state index in [9.17, 15) is 19.5 Å². The number of phenolic OH excluding ortho intramolecular Hbond substituents is 1. The summed E-state index contributed by atoms with van der Waals surface area (Å²) in [6, 6.07) is 3.64. The Morgan fingerprint density at radius 1 is 1.23 bits per heavy atom. The number of amides is 4. The van der Waals surface area contributed by atoms with E-state index in [1.165, 1.54) is 31.3 Å². The van der Waals surface area contributed by atoms with Crippen molar-refractivity contribution in [2.45, 2.75) is 13.3 Å². The van der Waals surface area contributed by atoms with Gasteiger partial charge in [0.2, 0.25) is 0 Å². The number of likely N-dealkylation sites (N-methyl/N-ethyl adjacent to an activating group) is 1. The molecule has 1 aliphatic heterocycles. The number of urea groups is 1. The summed E-state index contributed by atoms with van der Waals surface area (Å²) in [6.45, 7) is 2.04. The molecule has 6 nitrogen and oxygen atoms in total. The van der Waals surface area contributed by atoms with E-state index in [4.69, 9.17) is 11.6 Å². The van der Waals surface area contributed by atoms with Crippen LogP contribution in [-0.2, 0) is 9.59 Å². The maximum absolute atomic E-state index is 12.4. The van der Waals surface area contributed by atoms with Crippen molar-refractivity contribution in [2.24, 2.45) is 0 Å². The highest BCUT2D eigenvalue weighted by Gasteiger charge is 2.39. The maximum atomic E-state index is 12.4. The number of phenols is 1. The minimum atomic E-state index is -0.707. The molecular weight excluding hydrogens is 308 g/mol. The number of halogens is 1. The van der Waals surface area contributed by atoms with Crippen LogP contribution in [0.4, 0.5) is 4.79 Å². The van der Waals surface area contributed by atoms with Gasteiger partial charge in [-0.15, -0.1) is 0 Å². The van der Waals surface area contributed by atoms with Crippen LogP contribution in [0, 0.1) is 0 Å². The third-order valence-corrected chi connectivity index (χ3v) is 3.50. The van der Waals surface area contributed by atoms with E-state index in [0.29, 0.717) is 11.4 Å². The molecular formula is C15H15ClN2O4. The average Bonchev–Trinajstić information content (AvgIpc) is 2.49. The predicted molar refractivity (Wildman–Crippen MR) is 81.3 cm³/mol. The first-order valence-electron chi connectivity index (χ1n) is 6.71. The van der Waals surface area contributed by atoms with E-state index in [0.717, 1.165) is 9.80 Å². The van der Waals surface area contributed by atoms with E-state index in [1.54, 1.807) is 0 Å². The molecule has 1 N–H and O–H groups in total. The molecule has 0 aromatic heterocycles. The lowest BCUT2D eigenvalue weighted by atomic mass is 10.1. The van der Waals surface area contributed by atoms with Gasteiger partial charge < -0.3 is 5.11 Å². The Kier molecular flexibility index (Phi) is 4.51. The second-order valence-corrected chi connectivity index (χ2v) is 5.30. The molecule has 116 valence electrons. The molecule has 1 aromatic rings. The van der Waals surface area contributed by atoms with E-state index in [-0.39, 0.29) is 23.4 Å². The molecule has 2 rings (SSSR count). The van der Waals surface area contributed by atoms with Gasteiger partial charge in [-0.25, -0.2) is 4.79 Å². The molecule has 1 fully saturated rings. The summed E-state index contributed by atoms with van der Waals surface area (Å²) in [4.78, 5) is 38.4. The fraction of sp³-hybridized carbons (Fsp3) is 0.267. The van der Waals surface area contributed by atoms with Crippen molar-refractivity contribution in [3.8, 4) is 5.75 Å². The van der Waals surface area contributed by atoms with Gasteiger partial charge in [0.25, 0.3) is 11.8 Å². The van der Waals surface area contributed by atoms with Crippen LogP contribution in [0.25, 0.3) is 6.08 Å². The van der Waals surface area contributed by atoms with Gasteiger partial charge in [0.15, 0.2) is 0 Å². The van der Waals surface area contributed by atoms with Crippen LogP contribution in [0.15, 0.2) is 23.8 Å². The SMILES string of the molecule is CCCN1C(=O)C(=Cc2cc(Cl)ccc2O)C(=O)N(C)C1=O. The van der Waals surface area contributed by atoms with Gasteiger partial charge in [0.05, 0.1) is 0 Å². The summed E-state index contributed by atoms with van der Waals surface area (Å²) in [7, 11) is 1.31. The number of rotatable bonds is 3. The summed E-state index contributed by atoms with van der Waals surface area (Å²) in [5.74, 6) is -1.49. The number of benzene rings is 1. The zero-order valence-electron chi connectivity index (χ0n) is 12.2. The highest BCUT2D eigenvalue weighted by molar-refractivity contribution is 6.32. The van der Waals surface area contributed by atoms with E-state index >= 15 is 0 Å². The zero-order chi connectivity index (χ0) is 16.4. The largest absolute Gasteiger partial charge is 0.507 e. The molecule has 1 heterocycles. The number of carbonyl (C=O) groups is 3. The molecule has 0 atom stereocenters. The third-order valence-electron chi connectivity index (χ3n) is 3.27. The van der Waals surface area contributed by atoms with E-state index < -0.39 is 17.8 Å². The Bertz CT molecular complexity index is 684. The molecule has 1 aliphatic rings. The summed E-state index contributed by atoms with van der Waals surface area (Å²) < 4.78 is 0. The summed E-state index contributed by atoms with van der Waals surface area (Å²) in [5, 5.41) is 10.2. The minimum Gasteiger partial charge on any atom is -0.507 e. The molecule has 1 saturated heterocycles. The average molecular weight is 323 g/mol. The van der Waals surface area contributed by atoms with Crippen molar-refractivity contribution in [3.63, 3.8) is 0 Å². The highest BCUT2D eigenvalue weighted by Crippen LogP contribution is 2.26. The van der Waals surface area contributed by atoms with Crippen LogP contribution in [0.1, 0.15) is 18.9 Å². The van der Waals surface area contributed by atoms with Crippen LogP contribution in [0.2, 0.25) is 5.02 Å². The quantitative estimate of drug-likeness (QED) is 0.684. The fourth-order valence-electron chi connectivity index (χ4n) is 2.11. The Morgan fingerprint density at radius 3 is 2.55 bits per heavy atom. The Balaban J connectivity index is 2.49. The van der Waals surface area contributed by atoms with Crippen molar-refractivity contribution in [1.82, 2.24) is 9.80 Å². The van der Waals surface area contributed by atoms with Crippen LogP contribution in [0.5, 0.6) is 5.75 Å². The number of carbonyl (C=O) groups excluding carboxylic acids is 3. The van der Waals surface area contributed by atoms with Crippen molar-refractivity contribution in [3.05, 3.63) is 34.4 Å². The summed E-state index contributed by atoms with van der Waals surface area (Å²) >= 11 is 5.85. The molecule has 7 heteroatoms. The first-order valence-corrected chi connectivity index (χ1v) is 7.08. The molecule has 0 bridgehead atoms. The molecule has 0 unspecified atom stereocenters. The topological polar surface area (TPSA) is 77.9 Å². The van der Waals surface area contributed by atoms with Crippen molar-refractivity contribution >= 4 is 35.5 Å². The van der Waals surface area contributed by atoms with Crippen molar-refractivity contribution in [1.29, 1.82) is 0 Å². The number of hydrogen-bond donors (Lipinski definition) is 1. The second kappa shape index (κ2) is 6.19. The Hall–Kier alpha value is -2.34. The number of imide groups is 2. The summed E-state index contributed by atoms with van der Waals surface area (Å²) in [5.41, 5.74) is 0.0523. The van der Waals surface area contributed by atoms with Gasteiger partial charge >= 0.3 is 6.03 Å². The molecule has 4 amide bonds. The maximum Gasteiger partial charge on any atom is 0.333 e. The number of aromatic hydroxyl groups is 1. The first-order chi connectivity index (χ1) is 10.4. The second-order valence-electron chi connectivity index (χ2n) is 4.86. The lowest BCUT2D eigenvalue weighted by Crippen LogP contribution is -2.54. The summed E-state index contributed by atoms with van der Waals surface area (Å²) in [6.07, 6.45) is 1.83. The molecule has 0 radical (unpaired) electrons. The zero-order valence-corrected chi connectivity index (χ0v) is 12.9. The van der Waals surface area contributed by atoms with E-state index in [2.05, 4.69) is 0 Å². The van der Waals surface area contributed by atoms with Crippen LogP contribution >= 0.6 is 11.6 Å². The number of barbiturate groups is 1. The molecule has 0 spiro atoms. The van der Waals surface area contributed by atoms with Crippen LogP contribution < -0.4 is 0 Å². The highest BCUT2D eigenvalue weighted by atomic mass is 35.5. The van der Waals surface area contributed by atoms with E-state index in [1.807, 2.05) is 6.92 Å². The minimum absolute atomic E-state index is 0.112. The standard InChI is InChI=1S/C15H15ClN2O4/c1-3-6-18-14(21)11(13(20)17(2)15(18)22)8-9-7-10(16)4-5-12(9)19/h4-5,7-8,19H,3,6H2,1-2H3. The molecule has 0 saturated carbocycles. The third kappa shape index (κ3) is 2.82. The Labute approximate surface area is 132 Å². The van der Waals surface area contributed by atoms with Gasteiger partial charge in [-0.1, -0.05) is 18.5 Å². The fourth-order valence-corrected chi connectivity index (χ4v) is 2.29. The van der Waals surface area contributed by atoms with Crippen LogP contribution in [-0.4, -0.2) is 46.3 Å². The van der Waals surface area contributed by atoms with Gasteiger partial charge in [0.1, 0.15) is 11.3 Å². The smallest absolute Gasteiger partial charge is 0.333 e. The van der Waals surface area contributed by atoms with Crippen molar-refractivity contribution in [2.75, 3.05) is 13.6 Å². The molecule has 0 aliphatic carbocycles. The molecule has 1 aromatic carbocycles. The van der Waals surface area contributed by atoms with Gasteiger partial charge in [-0.2, -0.15) is 0 Å². The lowest BCUT2D eigenvalue weighted by Gasteiger charge is -2.31. The van der Waals surface area contributed by atoms with Gasteiger partial charge in [-0.05, 0) is 30.7 Å². The number of nitrogens with zero attached hydrogens (tertiary/aromatic N) is 2.